The van der Waals surface area contributed by atoms with Crippen molar-refractivity contribution in [1.82, 2.24) is 4.72 Å². The first-order chi connectivity index (χ1) is 13.8. The summed E-state index contributed by atoms with van der Waals surface area (Å²) in [5.74, 6) is 0.356. The smallest absolute Gasteiger partial charge is 0.265 e. The Morgan fingerprint density at radius 1 is 1.03 bits per heavy atom. The van der Waals surface area contributed by atoms with Crippen LogP contribution >= 0.6 is 0 Å². The molecule has 1 fully saturated rings. The number of hydrogen-bond acceptors (Lipinski definition) is 4. The van der Waals surface area contributed by atoms with Gasteiger partial charge in [-0.25, -0.2) is 13.1 Å². The highest BCUT2D eigenvalue weighted by Gasteiger charge is 2.22. The molecule has 1 saturated carbocycles. The second-order valence-electron chi connectivity index (χ2n) is 7.50. The van der Waals surface area contributed by atoms with Crippen LogP contribution in [-0.4, -0.2) is 26.5 Å². The zero-order valence-corrected chi connectivity index (χ0v) is 17.7. The fourth-order valence-corrected chi connectivity index (χ4v) is 4.71. The van der Waals surface area contributed by atoms with Crippen molar-refractivity contribution in [2.24, 2.45) is 0 Å². The predicted octanol–water partition coefficient (Wildman–Crippen LogP) is 4.01. The van der Waals surface area contributed by atoms with E-state index in [4.69, 9.17) is 4.74 Å². The minimum Gasteiger partial charge on any atom is -0.481 e. The number of ether oxygens (including phenoxy) is 1. The number of benzene rings is 2. The number of sulfonamides is 1. The van der Waals surface area contributed by atoms with Gasteiger partial charge < -0.3 is 10.1 Å². The summed E-state index contributed by atoms with van der Waals surface area (Å²) in [4.78, 5) is 12.6. The number of rotatable bonds is 7. The van der Waals surface area contributed by atoms with E-state index in [-0.39, 0.29) is 16.8 Å². The lowest BCUT2D eigenvalue weighted by molar-refractivity contribution is -0.122. The zero-order chi connectivity index (χ0) is 20.9. The molecule has 7 heteroatoms. The highest BCUT2D eigenvalue weighted by atomic mass is 32.2. The van der Waals surface area contributed by atoms with Crippen LogP contribution in [0.4, 0.5) is 5.69 Å². The maximum Gasteiger partial charge on any atom is 0.265 e. The lowest BCUT2D eigenvalue weighted by Crippen LogP contribution is -2.36. The SMILES string of the molecule is Cc1ccccc1OC(C)C(=O)Nc1ccc(S(=O)(=O)NC2CCCCC2)cc1. The first kappa shape index (κ1) is 21.3. The Kier molecular flexibility index (Phi) is 6.92. The summed E-state index contributed by atoms with van der Waals surface area (Å²) in [6, 6.07) is 13.7. The van der Waals surface area contributed by atoms with Gasteiger partial charge in [-0.2, -0.15) is 0 Å². The lowest BCUT2D eigenvalue weighted by Gasteiger charge is -2.22. The summed E-state index contributed by atoms with van der Waals surface area (Å²) in [6.45, 7) is 3.59. The van der Waals surface area contributed by atoms with Crippen molar-refractivity contribution < 1.29 is 17.9 Å². The van der Waals surface area contributed by atoms with Crippen molar-refractivity contribution in [3.63, 3.8) is 0 Å². The van der Waals surface area contributed by atoms with Crippen LogP contribution in [0.25, 0.3) is 0 Å². The van der Waals surface area contributed by atoms with Crippen molar-refractivity contribution in [3.8, 4) is 5.75 Å². The minimum absolute atomic E-state index is 0.00701. The van der Waals surface area contributed by atoms with Crippen LogP contribution in [0.2, 0.25) is 0 Å². The van der Waals surface area contributed by atoms with Gasteiger partial charge in [-0.05, 0) is 62.6 Å². The van der Waals surface area contributed by atoms with E-state index in [1.165, 1.54) is 18.6 Å². The van der Waals surface area contributed by atoms with Crippen molar-refractivity contribution in [2.45, 2.75) is 63.0 Å². The molecular weight excluding hydrogens is 388 g/mol. The highest BCUT2D eigenvalue weighted by Crippen LogP contribution is 2.21. The topological polar surface area (TPSA) is 84.5 Å². The molecule has 6 nitrogen and oxygen atoms in total. The Hall–Kier alpha value is -2.38. The molecule has 2 aromatic carbocycles. The van der Waals surface area contributed by atoms with E-state index in [9.17, 15) is 13.2 Å². The number of amides is 1. The van der Waals surface area contributed by atoms with E-state index >= 15 is 0 Å². The van der Waals surface area contributed by atoms with Gasteiger partial charge in [0.2, 0.25) is 10.0 Å². The molecule has 0 bridgehead atoms. The molecule has 1 aliphatic rings. The number of hydrogen-bond donors (Lipinski definition) is 2. The Morgan fingerprint density at radius 3 is 2.34 bits per heavy atom. The Labute approximate surface area is 172 Å². The van der Waals surface area contributed by atoms with Gasteiger partial charge in [0.1, 0.15) is 5.75 Å². The van der Waals surface area contributed by atoms with Gasteiger partial charge in [-0.15, -0.1) is 0 Å². The van der Waals surface area contributed by atoms with E-state index in [0.717, 1.165) is 31.2 Å². The van der Waals surface area contributed by atoms with Crippen LogP contribution in [-0.2, 0) is 14.8 Å². The molecule has 0 spiro atoms. The van der Waals surface area contributed by atoms with E-state index in [0.29, 0.717) is 11.4 Å². The molecule has 156 valence electrons. The molecular formula is C22H28N2O4S. The molecule has 3 rings (SSSR count). The van der Waals surface area contributed by atoms with Crippen molar-refractivity contribution >= 4 is 21.6 Å². The van der Waals surface area contributed by atoms with E-state index in [1.807, 2.05) is 31.2 Å². The summed E-state index contributed by atoms with van der Waals surface area (Å²) in [5, 5.41) is 2.76. The second kappa shape index (κ2) is 9.41. The number of carbonyl (C=O) groups excluding carboxylic acids is 1. The molecule has 0 aromatic heterocycles. The Morgan fingerprint density at radius 2 is 1.69 bits per heavy atom. The third-order valence-electron chi connectivity index (χ3n) is 5.13. The first-order valence-electron chi connectivity index (χ1n) is 10.0. The molecule has 2 N–H and O–H groups in total. The van der Waals surface area contributed by atoms with Crippen LogP contribution in [0, 0.1) is 6.92 Å². The van der Waals surface area contributed by atoms with Crippen LogP contribution in [0.5, 0.6) is 5.75 Å². The Balaban J connectivity index is 1.59. The molecule has 0 radical (unpaired) electrons. The number of carbonyl (C=O) groups is 1. The zero-order valence-electron chi connectivity index (χ0n) is 16.9. The predicted molar refractivity (Wildman–Crippen MR) is 114 cm³/mol. The molecule has 1 unspecified atom stereocenters. The lowest BCUT2D eigenvalue weighted by atomic mass is 9.96. The van der Waals surface area contributed by atoms with Gasteiger partial charge in [0, 0.05) is 11.7 Å². The maximum atomic E-state index is 12.6. The summed E-state index contributed by atoms with van der Waals surface area (Å²) in [6.07, 6.45) is 4.35. The van der Waals surface area contributed by atoms with Gasteiger partial charge in [-0.3, -0.25) is 4.79 Å². The van der Waals surface area contributed by atoms with Gasteiger partial charge in [0.15, 0.2) is 6.10 Å². The van der Waals surface area contributed by atoms with Gasteiger partial charge in [0.05, 0.1) is 4.90 Å². The van der Waals surface area contributed by atoms with Crippen molar-refractivity contribution in [2.75, 3.05) is 5.32 Å². The van der Waals surface area contributed by atoms with E-state index in [1.54, 1.807) is 19.1 Å². The molecule has 1 aliphatic carbocycles. The first-order valence-corrected chi connectivity index (χ1v) is 11.5. The van der Waals surface area contributed by atoms with Crippen molar-refractivity contribution in [3.05, 3.63) is 54.1 Å². The van der Waals surface area contributed by atoms with E-state index < -0.39 is 16.1 Å². The molecule has 2 aromatic rings. The quantitative estimate of drug-likeness (QED) is 0.714. The standard InChI is InChI=1S/C22H28N2O4S/c1-16-8-6-7-11-21(16)28-17(2)22(25)23-18-12-14-20(15-13-18)29(26,27)24-19-9-4-3-5-10-19/h6-8,11-15,17,19,24H,3-5,9-10H2,1-2H3,(H,23,25). The Bertz CT molecular complexity index is 936. The van der Waals surface area contributed by atoms with Gasteiger partial charge >= 0.3 is 0 Å². The van der Waals surface area contributed by atoms with Crippen LogP contribution in [0.3, 0.4) is 0 Å². The number of aryl methyl sites for hydroxylation is 1. The maximum absolute atomic E-state index is 12.6. The number of nitrogens with one attached hydrogen (secondary N) is 2. The average molecular weight is 417 g/mol. The van der Waals surface area contributed by atoms with E-state index in [2.05, 4.69) is 10.0 Å². The van der Waals surface area contributed by atoms with Crippen LogP contribution in [0.1, 0.15) is 44.6 Å². The number of para-hydroxylation sites is 1. The molecule has 0 heterocycles. The summed E-state index contributed by atoms with van der Waals surface area (Å²) in [5.41, 5.74) is 1.47. The largest absolute Gasteiger partial charge is 0.481 e. The summed E-state index contributed by atoms with van der Waals surface area (Å²) < 4.78 is 33.6. The molecule has 1 amide bonds. The van der Waals surface area contributed by atoms with Gasteiger partial charge in [-0.1, -0.05) is 37.5 Å². The normalized spacial score (nSPS) is 16.2. The summed E-state index contributed by atoms with van der Waals surface area (Å²) >= 11 is 0. The fraction of sp³-hybridized carbons (Fsp3) is 0.409. The third kappa shape index (κ3) is 5.81. The molecule has 0 aliphatic heterocycles. The summed E-state index contributed by atoms with van der Waals surface area (Å²) in [7, 11) is -3.55. The minimum atomic E-state index is -3.55. The fourth-order valence-electron chi connectivity index (χ4n) is 3.40. The average Bonchev–Trinajstić information content (AvgIpc) is 2.70. The highest BCUT2D eigenvalue weighted by molar-refractivity contribution is 7.89. The van der Waals surface area contributed by atoms with Crippen molar-refractivity contribution in [1.29, 1.82) is 0 Å². The molecule has 29 heavy (non-hydrogen) atoms. The van der Waals surface area contributed by atoms with Crippen LogP contribution < -0.4 is 14.8 Å². The number of anilines is 1. The monoisotopic (exact) mass is 416 g/mol. The third-order valence-corrected chi connectivity index (χ3v) is 6.66. The van der Waals surface area contributed by atoms with Crippen LogP contribution in [0.15, 0.2) is 53.4 Å². The molecule has 1 atom stereocenters. The molecule has 0 saturated heterocycles. The van der Waals surface area contributed by atoms with Gasteiger partial charge in [0.25, 0.3) is 5.91 Å². The second-order valence-corrected chi connectivity index (χ2v) is 9.21.